The predicted octanol–water partition coefficient (Wildman–Crippen LogP) is 3.22. The summed E-state index contributed by atoms with van der Waals surface area (Å²) in [5, 5.41) is 3.13. The third kappa shape index (κ3) is 3.94. The summed E-state index contributed by atoms with van der Waals surface area (Å²) in [6, 6.07) is 2.54. The van der Waals surface area contributed by atoms with Crippen LogP contribution < -0.4 is 10.2 Å². The van der Waals surface area contributed by atoms with E-state index in [4.69, 9.17) is 0 Å². The quantitative estimate of drug-likeness (QED) is 0.837. The number of halogens is 1. The topological polar surface area (TPSA) is 74.2 Å². The van der Waals surface area contributed by atoms with Crippen molar-refractivity contribution in [1.82, 2.24) is 19.9 Å². The summed E-state index contributed by atoms with van der Waals surface area (Å²) < 4.78 is 14.5. The summed E-state index contributed by atoms with van der Waals surface area (Å²) in [6.45, 7) is 2.68. The Kier molecular flexibility index (Phi) is 4.87. The third-order valence-corrected chi connectivity index (χ3v) is 6.04. The van der Waals surface area contributed by atoms with Gasteiger partial charge in [-0.15, -0.1) is 0 Å². The maximum absolute atomic E-state index is 14.5. The number of piperidine rings is 1. The van der Waals surface area contributed by atoms with E-state index in [9.17, 15) is 9.18 Å². The van der Waals surface area contributed by atoms with E-state index in [2.05, 4.69) is 25.2 Å². The number of nitrogens with zero attached hydrogens (tertiary/aromatic N) is 5. The Bertz CT molecular complexity index is 918. The number of carbonyl (C=O) groups is 1. The molecule has 2 saturated heterocycles. The molecule has 2 aliphatic heterocycles. The summed E-state index contributed by atoms with van der Waals surface area (Å²) in [4.78, 5) is 29.1. The van der Waals surface area contributed by atoms with E-state index >= 15 is 0 Å². The number of amides is 1. The molecular weight excluding hydrogens is 371 g/mol. The number of rotatable bonds is 5. The zero-order valence-corrected chi connectivity index (χ0v) is 16.4. The molecule has 3 fully saturated rings. The molecule has 152 valence electrons. The van der Waals surface area contributed by atoms with Crippen molar-refractivity contribution < 1.29 is 9.18 Å². The van der Waals surface area contributed by atoms with Crippen LogP contribution in [0.5, 0.6) is 0 Å². The van der Waals surface area contributed by atoms with Gasteiger partial charge < -0.3 is 10.2 Å². The zero-order chi connectivity index (χ0) is 19.8. The van der Waals surface area contributed by atoms with Gasteiger partial charge in [-0.2, -0.15) is 0 Å². The lowest BCUT2D eigenvalue weighted by molar-refractivity contribution is -0.117. The second kappa shape index (κ2) is 7.67. The molecule has 5 rings (SSSR count). The van der Waals surface area contributed by atoms with Crippen LogP contribution in [0.1, 0.15) is 50.1 Å². The number of anilines is 3. The summed E-state index contributed by atoms with van der Waals surface area (Å²) in [6.07, 6.45) is 10.6. The van der Waals surface area contributed by atoms with Crippen molar-refractivity contribution >= 4 is 23.2 Å². The van der Waals surface area contributed by atoms with Crippen LogP contribution in [0.4, 0.5) is 21.7 Å². The van der Waals surface area contributed by atoms with Crippen molar-refractivity contribution in [2.45, 2.75) is 50.5 Å². The highest BCUT2D eigenvalue weighted by Gasteiger charge is 2.34. The molecule has 2 aromatic rings. The average Bonchev–Trinajstić information content (AvgIpc) is 3.51. The van der Waals surface area contributed by atoms with Crippen molar-refractivity contribution in [2.24, 2.45) is 0 Å². The molecule has 29 heavy (non-hydrogen) atoms. The van der Waals surface area contributed by atoms with Crippen LogP contribution in [0.3, 0.4) is 0 Å². The zero-order valence-electron chi connectivity index (χ0n) is 16.4. The second-order valence-electron chi connectivity index (χ2n) is 8.20. The number of likely N-dealkylation sites (tertiary alicyclic amines) is 1. The van der Waals surface area contributed by atoms with Gasteiger partial charge in [0.2, 0.25) is 11.9 Å². The fourth-order valence-electron chi connectivity index (χ4n) is 4.42. The lowest BCUT2D eigenvalue weighted by atomic mass is 9.94. The molecular formula is C21H25FN6O. The Morgan fingerprint density at radius 3 is 2.79 bits per heavy atom. The molecule has 1 N–H and O–H groups in total. The minimum atomic E-state index is -0.340. The standard InChI is InChI=1S/C21H25FN6O/c22-18-12-24-21(26-20(18)14-3-1-7-27(13-14)16-5-6-16)25-15-9-17(11-23-10-15)28-8-2-4-19(28)29/h9-12,14,16H,1-8,13H2,(H,24,25,26). The molecule has 3 aliphatic rings. The molecule has 0 spiro atoms. The van der Waals surface area contributed by atoms with Crippen LogP contribution in [0.15, 0.2) is 24.7 Å². The number of hydrogen-bond acceptors (Lipinski definition) is 6. The van der Waals surface area contributed by atoms with Gasteiger partial charge in [0.1, 0.15) is 0 Å². The third-order valence-electron chi connectivity index (χ3n) is 6.04. The van der Waals surface area contributed by atoms with Gasteiger partial charge in [0.15, 0.2) is 5.82 Å². The minimum absolute atomic E-state index is 0.0968. The van der Waals surface area contributed by atoms with Crippen molar-refractivity contribution in [3.8, 4) is 0 Å². The molecule has 1 amide bonds. The highest BCUT2D eigenvalue weighted by molar-refractivity contribution is 5.95. The molecule has 0 radical (unpaired) electrons. The maximum Gasteiger partial charge on any atom is 0.227 e. The lowest BCUT2D eigenvalue weighted by Crippen LogP contribution is -2.36. The van der Waals surface area contributed by atoms with Gasteiger partial charge in [0.25, 0.3) is 0 Å². The number of pyridine rings is 1. The van der Waals surface area contributed by atoms with Gasteiger partial charge in [-0.05, 0) is 44.7 Å². The Balaban J connectivity index is 1.34. The molecule has 1 atom stereocenters. The number of carbonyl (C=O) groups excluding carboxylic acids is 1. The van der Waals surface area contributed by atoms with Gasteiger partial charge >= 0.3 is 0 Å². The van der Waals surface area contributed by atoms with E-state index in [1.165, 1.54) is 19.0 Å². The second-order valence-corrected chi connectivity index (χ2v) is 8.20. The summed E-state index contributed by atoms with van der Waals surface area (Å²) in [5.41, 5.74) is 1.93. The molecule has 1 aliphatic carbocycles. The Morgan fingerprint density at radius 2 is 2.00 bits per heavy atom. The Morgan fingerprint density at radius 1 is 1.10 bits per heavy atom. The molecule has 7 nitrogen and oxygen atoms in total. The summed E-state index contributed by atoms with van der Waals surface area (Å²) >= 11 is 0. The number of nitrogens with one attached hydrogen (secondary N) is 1. The van der Waals surface area contributed by atoms with Crippen LogP contribution in [0.25, 0.3) is 0 Å². The van der Waals surface area contributed by atoms with E-state index in [1.807, 2.05) is 6.07 Å². The largest absolute Gasteiger partial charge is 0.323 e. The van der Waals surface area contributed by atoms with Crippen molar-refractivity contribution in [3.63, 3.8) is 0 Å². The number of aromatic nitrogens is 3. The minimum Gasteiger partial charge on any atom is -0.323 e. The molecule has 0 aromatic carbocycles. The molecule has 1 unspecified atom stereocenters. The van der Waals surface area contributed by atoms with Crippen molar-refractivity contribution in [2.75, 3.05) is 29.9 Å². The van der Waals surface area contributed by atoms with Crippen LogP contribution in [-0.4, -0.2) is 51.4 Å². The average molecular weight is 396 g/mol. The van der Waals surface area contributed by atoms with E-state index < -0.39 is 0 Å². The van der Waals surface area contributed by atoms with Gasteiger partial charge in [0, 0.05) is 31.5 Å². The number of hydrogen-bond donors (Lipinski definition) is 1. The molecule has 0 bridgehead atoms. The van der Waals surface area contributed by atoms with Gasteiger partial charge in [-0.3, -0.25) is 14.7 Å². The first kappa shape index (κ1) is 18.4. The molecule has 4 heterocycles. The van der Waals surface area contributed by atoms with Crippen LogP contribution in [0, 0.1) is 5.82 Å². The predicted molar refractivity (Wildman–Crippen MR) is 108 cm³/mol. The molecule has 1 saturated carbocycles. The fourth-order valence-corrected chi connectivity index (χ4v) is 4.42. The monoisotopic (exact) mass is 396 g/mol. The fraction of sp³-hybridized carbons (Fsp3) is 0.524. The van der Waals surface area contributed by atoms with E-state index in [0.717, 1.165) is 38.0 Å². The van der Waals surface area contributed by atoms with Crippen LogP contribution >= 0.6 is 0 Å². The van der Waals surface area contributed by atoms with E-state index in [1.54, 1.807) is 17.3 Å². The van der Waals surface area contributed by atoms with Crippen molar-refractivity contribution in [3.05, 3.63) is 36.2 Å². The molecule has 2 aromatic heterocycles. The highest BCUT2D eigenvalue weighted by Crippen LogP contribution is 2.35. The van der Waals surface area contributed by atoms with E-state index in [-0.39, 0.29) is 17.6 Å². The van der Waals surface area contributed by atoms with Gasteiger partial charge in [0.05, 0.1) is 35.7 Å². The first-order valence-corrected chi connectivity index (χ1v) is 10.5. The molecule has 8 heteroatoms. The Labute approximate surface area is 169 Å². The maximum atomic E-state index is 14.5. The van der Waals surface area contributed by atoms with E-state index in [0.29, 0.717) is 36.3 Å². The van der Waals surface area contributed by atoms with Gasteiger partial charge in [-0.25, -0.2) is 14.4 Å². The normalized spacial score (nSPS) is 22.9. The SMILES string of the molecule is O=C1CCCN1c1cncc(Nc2ncc(F)c(C3CCCN(C4CC4)C3)n2)c1. The smallest absolute Gasteiger partial charge is 0.227 e. The summed E-state index contributed by atoms with van der Waals surface area (Å²) in [7, 11) is 0. The summed E-state index contributed by atoms with van der Waals surface area (Å²) in [5.74, 6) is 0.228. The van der Waals surface area contributed by atoms with Crippen molar-refractivity contribution in [1.29, 1.82) is 0 Å². The first-order chi connectivity index (χ1) is 14.2. The highest BCUT2D eigenvalue weighted by atomic mass is 19.1. The lowest BCUT2D eigenvalue weighted by Gasteiger charge is -2.32. The van der Waals surface area contributed by atoms with Gasteiger partial charge in [-0.1, -0.05) is 0 Å². The first-order valence-electron chi connectivity index (χ1n) is 10.5. The Hall–Kier alpha value is -2.61. The van der Waals surface area contributed by atoms with Crippen LogP contribution in [-0.2, 0) is 4.79 Å². The van der Waals surface area contributed by atoms with Crippen LogP contribution in [0.2, 0.25) is 0 Å².